The van der Waals surface area contributed by atoms with Crippen LogP contribution in [0.1, 0.15) is 20.7 Å². The number of rotatable bonds is 6. The number of benzene rings is 2. The van der Waals surface area contributed by atoms with E-state index >= 15 is 0 Å². The van der Waals surface area contributed by atoms with Gasteiger partial charge in [-0.2, -0.15) is 0 Å². The Balaban J connectivity index is 1.69. The molecule has 29 heavy (non-hydrogen) atoms. The molecular formula is C22H22N4O3. The first kappa shape index (κ1) is 19.9. The Labute approximate surface area is 169 Å². The van der Waals surface area contributed by atoms with Crippen molar-refractivity contribution in [3.8, 4) is 0 Å². The van der Waals surface area contributed by atoms with E-state index in [2.05, 4.69) is 15.6 Å². The summed E-state index contributed by atoms with van der Waals surface area (Å²) in [7, 11) is 5.25. The number of carbonyl (C=O) groups excluding carboxylic acids is 2. The van der Waals surface area contributed by atoms with Gasteiger partial charge in [-0.05, 0) is 48.5 Å². The van der Waals surface area contributed by atoms with Gasteiger partial charge in [0.05, 0.1) is 23.9 Å². The van der Waals surface area contributed by atoms with Gasteiger partial charge in [0.2, 0.25) is 0 Å². The second-order valence-corrected chi connectivity index (χ2v) is 6.49. The van der Waals surface area contributed by atoms with Crippen LogP contribution in [0, 0.1) is 0 Å². The van der Waals surface area contributed by atoms with Crippen LogP contribution in [0.15, 0.2) is 66.9 Å². The van der Waals surface area contributed by atoms with Crippen LogP contribution in [0.25, 0.3) is 0 Å². The molecule has 3 rings (SSSR count). The van der Waals surface area contributed by atoms with Gasteiger partial charge in [-0.15, -0.1) is 0 Å². The molecule has 0 unspecified atom stereocenters. The fourth-order valence-electron chi connectivity index (χ4n) is 2.67. The third-order valence-corrected chi connectivity index (χ3v) is 4.26. The Kier molecular flexibility index (Phi) is 6.09. The highest BCUT2D eigenvalue weighted by Gasteiger charge is 2.12. The molecule has 148 valence electrons. The van der Waals surface area contributed by atoms with Crippen LogP contribution in [-0.2, 0) is 4.74 Å². The van der Waals surface area contributed by atoms with Crippen LogP contribution in [-0.4, -0.2) is 38.1 Å². The summed E-state index contributed by atoms with van der Waals surface area (Å²) in [5.41, 5.74) is 3.15. The van der Waals surface area contributed by atoms with Gasteiger partial charge in [-0.3, -0.25) is 4.79 Å². The lowest BCUT2D eigenvalue weighted by Crippen LogP contribution is -2.13. The van der Waals surface area contributed by atoms with Crippen LogP contribution in [0.4, 0.5) is 22.9 Å². The number of nitrogens with one attached hydrogen (secondary N) is 2. The predicted molar refractivity (Wildman–Crippen MR) is 114 cm³/mol. The topological polar surface area (TPSA) is 83.6 Å². The van der Waals surface area contributed by atoms with E-state index in [1.807, 2.05) is 43.3 Å². The minimum absolute atomic E-state index is 0.253. The number of amides is 1. The Morgan fingerprint density at radius 3 is 2.31 bits per heavy atom. The van der Waals surface area contributed by atoms with Gasteiger partial charge in [0.1, 0.15) is 5.82 Å². The van der Waals surface area contributed by atoms with Crippen molar-refractivity contribution in [2.24, 2.45) is 0 Å². The number of para-hydroxylation sites is 1. The standard InChI is InChI=1S/C22H22N4O3/c1-26(2)17-11-9-16(10-12-17)24-21(27)15-8-13-20(23-14-15)25-19-7-5-4-6-18(19)22(28)29-3/h4-14H,1-3H3,(H,23,25)(H,24,27). The molecule has 1 heterocycles. The highest BCUT2D eigenvalue weighted by atomic mass is 16.5. The third kappa shape index (κ3) is 4.90. The van der Waals surface area contributed by atoms with Crippen molar-refractivity contribution in [3.05, 3.63) is 78.0 Å². The first-order valence-electron chi connectivity index (χ1n) is 8.97. The fraction of sp³-hybridized carbons (Fsp3) is 0.136. The summed E-state index contributed by atoms with van der Waals surface area (Å²) in [6.45, 7) is 0. The van der Waals surface area contributed by atoms with E-state index in [-0.39, 0.29) is 5.91 Å². The summed E-state index contributed by atoms with van der Waals surface area (Å²) < 4.78 is 4.79. The Morgan fingerprint density at radius 1 is 0.966 bits per heavy atom. The van der Waals surface area contributed by atoms with Crippen molar-refractivity contribution in [2.45, 2.75) is 0 Å². The second kappa shape index (κ2) is 8.88. The molecule has 0 aliphatic heterocycles. The number of hydrogen-bond donors (Lipinski definition) is 2. The monoisotopic (exact) mass is 390 g/mol. The molecule has 0 bridgehead atoms. The highest BCUT2D eigenvalue weighted by molar-refractivity contribution is 6.04. The number of anilines is 4. The molecule has 2 N–H and O–H groups in total. The minimum Gasteiger partial charge on any atom is -0.465 e. The average molecular weight is 390 g/mol. The number of aromatic nitrogens is 1. The highest BCUT2D eigenvalue weighted by Crippen LogP contribution is 2.21. The number of esters is 1. The molecule has 0 saturated heterocycles. The lowest BCUT2D eigenvalue weighted by Gasteiger charge is -2.13. The van der Waals surface area contributed by atoms with Crippen molar-refractivity contribution in [1.29, 1.82) is 0 Å². The molecule has 7 nitrogen and oxygen atoms in total. The van der Waals surface area contributed by atoms with Crippen molar-refractivity contribution in [2.75, 3.05) is 36.7 Å². The first-order valence-corrected chi connectivity index (χ1v) is 8.97. The third-order valence-electron chi connectivity index (χ3n) is 4.26. The molecule has 0 fully saturated rings. The van der Waals surface area contributed by atoms with E-state index in [9.17, 15) is 9.59 Å². The molecule has 0 aliphatic carbocycles. The summed E-state index contributed by atoms with van der Waals surface area (Å²) in [5, 5.41) is 5.92. The minimum atomic E-state index is -0.440. The quantitative estimate of drug-likeness (QED) is 0.621. The molecule has 2 aromatic carbocycles. The maximum absolute atomic E-state index is 12.4. The van der Waals surface area contributed by atoms with E-state index in [4.69, 9.17) is 4.74 Å². The van der Waals surface area contributed by atoms with Crippen LogP contribution in [0.5, 0.6) is 0 Å². The SMILES string of the molecule is COC(=O)c1ccccc1Nc1ccc(C(=O)Nc2ccc(N(C)C)cc2)cn1. The molecule has 1 aromatic heterocycles. The number of hydrogen-bond acceptors (Lipinski definition) is 6. The Morgan fingerprint density at radius 2 is 1.69 bits per heavy atom. The van der Waals surface area contributed by atoms with Crippen molar-refractivity contribution in [3.63, 3.8) is 0 Å². The summed E-state index contributed by atoms with van der Waals surface area (Å²) in [6.07, 6.45) is 1.48. The van der Waals surface area contributed by atoms with Crippen molar-refractivity contribution in [1.82, 2.24) is 4.98 Å². The molecule has 0 spiro atoms. The summed E-state index contributed by atoms with van der Waals surface area (Å²) in [5.74, 6) is -0.186. The zero-order valence-electron chi connectivity index (χ0n) is 16.5. The average Bonchev–Trinajstić information content (AvgIpc) is 2.74. The molecule has 1 amide bonds. The first-order chi connectivity index (χ1) is 14.0. The maximum Gasteiger partial charge on any atom is 0.339 e. The number of methoxy groups -OCH3 is 1. The van der Waals surface area contributed by atoms with Gasteiger partial charge in [0.25, 0.3) is 5.91 Å². The number of pyridine rings is 1. The Bertz CT molecular complexity index is 999. The lowest BCUT2D eigenvalue weighted by atomic mass is 10.1. The number of carbonyl (C=O) groups is 2. The predicted octanol–water partition coefficient (Wildman–Crippen LogP) is 3.93. The lowest BCUT2D eigenvalue weighted by molar-refractivity contribution is 0.0601. The van der Waals surface area contributed by atoms with Gasteiger partial charge in [0, 0.05) is 31.7 Å². The van der Waals surface area contributed by atoms with E-state index < -0.39 is 5.97 Å². The zero-order chi connectivity index (χ0) is 20.8. The van der Waals surface area contributed by atoms with E-state index in [1.54, 1.807) is 36.4 Å². The number of ether oxygens (including phenoxy) is 1. The molecule has 0 atom stereocenters. The van der Waals surface area contributed by atoms with Gasteiger partial charge in [-0.1, -0.05) is 12.1 Å². The Hall–Kier alpha value is -3.87. The summed E-state index contributed by atoms with van der Waals surface area (Å²) >= 11 is 0. The van der Waals surface area contributed by atoms with Crippen LogP contribution >= 0.6 is 0 Å². The van der Waals surface area contributed by atoms with Crippen LogP contribution in [0.2, 0.25) is 0 Å². The summed E-state index contributed by atoms with van der Waals surface area (Å²) in [4.78, 5) is 30.6. The second-order valence-electron chi connectivity index (χ2n) is 6.49. The molecule has 7 heteroatoms. The van der Waals surface area contributed by atoms with E-state index in [0.717, 1.165) is 5.69 Å². The van der Waals surface area contributed by atoms with Crippen molar-refractivity contribution >= 4 is 34.8 Å². The summed E-state index contributed by atoms with van der Waals surface area (Å²) in [6, 6.07) is 17.9. The van der Waals surface area contributed by atoms with Crippen molar-refractivity contribution < 1.29 is 14.3 Å². The molecule has 0 radical (unpaired) electrons. The smallest absolute Gasteiger partial charge is 0.339 e. The normalized spacial score (nSPS) is 10.2. The zero-order valence-corrected chi connectivity index (χ0v) is 16.5. The van der Waals surface area contributed by atoms with Crippen LogP contribution in [0.3, 0.4) is 0 Å². The van der Waals surface area contributed by atoms with Crippen LogP contribution < -0.4 is 15.5 Å². The van der Waals surface area contributed by atoms with Gasteiger partial charge < -0.3 is 20.3 Å². The van der Waals surface area contributed by atoms with E-state index in [0.29, 0.717) is 28.3 Å². The van der Waals surface area contributed by atoms with Gasteiger partial charge in [0.15, 0.2) is 0 Å². The molecule has 0 aliphatic rings. The van der Waals surface area contributed by atoms with Gasteiger partial charge >= 0.3 is 5.97 Å². The molecule has 3 aromatic rings. The largest absolute Gasteiger partial charge is 0.465 e. The molecular weight excluding hydrogens is 368 g/mol. The molecule has 0 saturated carbocycles. The number of nitrogens with zero attached hydrogens (tertiary/aromatic N) is 2. The fourth-order valence-corrected chi connectivity index (χ4v) is 2.67. The van der Waals surface area contributed by atoms with Gasteiger partial charge in [-0.25, -0.2) is 9.78 Å². The maximum atomic E-state index is 12.4. The van der Waals surface area contributed by atoms with E-state index in [1.165, 1.54) is 13.3 Å².